The number of hydrogen-bond acceptors (Lipinski definition) is 3. The molecule has 0 saturated heterocycles. The summed E-state index contributed by atoms with van der Waals surface area (Å²) >= 11 is 6.26. The summed E-state index contributed by atoms with van der Waals surface area (Å²) < 4.78 is 7.37. The van der Waals surface area contributed by atoms with Gasteiger partial charge in [0.05, 0.1) is 6.21 Å². The Morgan fingerprint density at radius 3 is 2.58 bits per heavy atom. The average Bonchev–Trinajstić information content (AvgIpc) is 3.14. The van der Waals surface area contributed by atoms with Crippen molar-refractivity contribution in [2.75, 3.05) is 0 Å². The van der Waals surface area contributed by atoms with Gasteiger partial charge in [-0.1, -0.05) is 17.7 Å². The molecule has 0 aliphatic rings. The second-order valence-corrected chi connectivity index (χ2v) is 6.61. The summed E-state index contributed by atoms with van der Waals surface area (Å²) in [6, 6.07) is 11.3. The Labute approximate surface area is 157 Å². The summed E-state index contributed by atoms with van der Waals surface area (Å²) in [4.78, 5) is 12.0. The lowest BCUT2D eigenvalue weighted by atomic mass is 10.2. The molecule has 2 aromatic heterocycles. The van der Waals surface area contributed by atoms with Gasteiger partial charge in [0.1, 0.15) is 5.76 Å². The third-order valence-electron chi connectivity index (χ3n) is 4.22. The normalized spacial score (nSPS) is 11.3. The van der Waals surface area contributed by atoms with E-state index in [2.05, 4.69) is 15.1 Å². The quantitative estimate of drug-likeness (QED) is 0.534. The molecule has 0 aliphatic carbocycles. The molecule has 0 saturated carbocycles. The molecule has 6 heteroatoms. The standard InChI is InChI=1S/C20H20ClN3O2/c1-12-5-7-17(10-18(12)21)24-13(2)9-16(15(24)4)11-22-23-20(25)19-8-6-14(3)26-19/h5-11H,1-4H3,(H,23,25)/b22-11-. The molecule has 0 atom stereocenters. The van der Waals surface area contributed by atoms with E-state index in [1.165, 1.54) is 0 Å². The van der Waals surface area contributed by atoms with Crippen molar-refractivity contribution in [2.45, 2.75) is 27.7 Å². The van der Waals surface area contributed by atoms with E-state index in [1.807, 2.05) is 45.0 Å². The number of benzene rings is 1. The number of amides is 1. The molecule has 134 valence electrons. The van der Waals surface area contributed by atoms with Crippen molar-refractivity contribution in [3.8, 4) is 5.69 Å². The number of nitrogens with zero attached hydrogens (tertiary/aromatic N) is 2. The average molecular weight is 370 g/mol. The molecule has 1 N–H and O–H groups in total. The van der Waals surface area contributed by atoms with Crippen LogP contribution in [0.3, 0.4) is 0 Å². The number of aromatic nitrogens is 1. The van der Waals surface area contributed by atoms with Gasteiger partial charge < -0.3 is 8.98 Å². The Kier molecular flexibility index (Phi) is 5.00. The van der Waals surface area contributed by atoms with E-state index in [4.69, 9.17) is 16.0 Å². The number of carbonyl (C=O) groups excluding carboxylic acids is 1. The number of nitrogens with one attached hydrogen (secondary N) is 1. The molecule has 3 aromatic rings. The molecule has 0 spiro atoms. The van der Waals surface area contributed by atoms with Crippen LogP contribution in [0.2, 0.25) is 5.02 Å². The van der Waals surface area contributed by atoms with Crippen LogP contribution < -0.4 is 5.43 Å². The Bertz CT molecular complexity index is 999. The molecule has 0 bridgehead atoms. The van der Waals surface area contributed by atoms with E-state index in [0.29, 0.717) is 5.76 Å². The molecule has 0 fully saturated rings. The molecule has 0 radical (unpaired) electrons. The minimum atomic E-state index is -0.381. The van der Waals surface area contributed by atoms with E-state index in [1.54, 1.807) is 25.3 Å². The molecule has 1 aromatic carbocycles. The number of carbonyl (C=O) groups is 1. The van der Waals surface area contributed by atoms with Gasteiger partial charge in [-0.3, -0.25) is 4.79 Å². The van der Waals surface area contributed by atoms with Gasteiger partial charge in [-0.15, -0.1) is 0 Å². The monoisotopic (exact) mass is 369 g/mol. The molecule has 3 rings (SSSR count). The highest BCUT2D eigenvalue weighted by molar-refractivity contribution is 6.31. The highest BCUT2D eigenvalue weighted by Crippen LogP contribution is 2.24. The van der Waals surface area contributed by atoms with E-state index in [-0.39, 0.29) is 11.7 Å². The second-order valence-electron chi connectivity index (χ2n) is 6.20. The lowest BCUT2D eigenvalue weighted by Gasteiger charge is -2.11. The summed E-state index contributed by atoms with van der Waals surface area (Å²) in [5, 5.41) is 4.77. The first-order valence-corrected chi connectivity index (χ1v) is 8.60. The smallest absolute Gasteiger partial charge is 0.307 e. The molecule has 0 unspecified atom stereocenters. The maximum atomic E-state index is 12.0. The Hall–Kier alpha value is -2.79. The minimum absolute atomic E-state index is 0.236. The van der Waals surface area contributed by atoms with Gasteiger partial charge in [0.25, 0.3) is 0 Å². The molecule has 26 heavy (non-hydrogen) atoms. The van der Waals surface area contributed by atoms with Crippen molar-refractivity contribution in [3.63, 3.8) is 0 Å². The Morgan fingerprint density at radius 2 is 1.92 bits per heavy atom. The van der Waals surface area contributed by atoms with E-state index < -0.39 is 0 Å². The maximum absolute atomic E-state index is 12.0. The van der Waals surface area contributed by atoms with Gasteiger partial charge >= 0.3 is 5.91 Å². The summed E-state index contributed by atoms with van der Waals surface area (Å²) in [5.74, 6) is 0.535. The number of aryl methyl sites for hydroxylation is 3. The van der Waals surface area contributed by atoms with Crippen molar-refractivity contribution in [2.24, 2.45) is 5.10 Å². The van der Waals surface area contributed by atoms with E-state index in [9.17, 15) is 4.79 Å². The van der Waals surface area contributed by atoms with Crippen LogP contribution in [-0.4, -0.2) is 16.7 Å². The SMILES string of the molecule is Cc1ccc(C(=O)N/N=C\c2cc(C)n(-c3ccc(C)c(Cl)c3)c2C)o1. The van der Waals surface area contributed by atoms with Gasteiger partial charge in [0.15, 0.2) is 5.76 Å². The first-order valence-electron chi connectivity index (χ1n) is 8.22. The lowest BCUT2D eigenvalue weighted by molar-refractivity contribution is 0.0926. The van der Waals surface area contributed by atoms with Gasteiger partial charge in [-0.05, 0) is 63.6 Å². The lowest BCUT2D eigenvalue weighted by Crippen LogP contribution is -2.16. The van der Waals surface area contributed by atoms with Crippen molar-refractivity contribution >= 4 is 23.7 Å². The van der Waals surface area contributed by atoms with Crippen molar-refractivity contribution < 1.29 is 9.21 Å². The largest absolute Gasteiger partial charge is 0.456 e. The van der Waals surface area contributed by atoms with Crippen LogP contribution in [0.5, 0.6) is 0 Å². The van der Waals surface area contributed by atoms with Gasteiger partial charge in [0.2, 0.25) is 0 Å². The fourth-order valence-electron chi connectivity index (χ4n) is 2.81. The molecular weight excluding hydrogens is 350 g/mol. The zero-order valence-electron chi connectivity index (χ0n) is 15.1. The fraction of sp³-hybridized carbons (Fsp3) is 0.200. The predicted molar refractivity (Wildman–Crippen MR) is 103 cm³/mol. The Balaban J connectivity index is 1.81. The van der Waals surface area contributed by atoms with Crippen LogP contribution >= 0.6 is 11.6 Å². The van der Waals surface area contributed by atoms with Gasteiger partial charge in [-0.25, -0.2) is 5.43 Å². The zero-order valence-corrected chi connectivity index (χ0v) is 15.9. The molecule has 5 nitrogen and oxygen atoms in total. The van der Waals surface area contributed by atoms with Crippen molar-refractivity contribution in [1.82, 2.24) is 9.99 Å². The van der Waals surface area contributed by atoms with Crippen LogP contribution in [0.15, 0.2) is 45.9 Å². The first kappa shape index (κ1) is 18.0. The highest BCUT2D eigenvalue weighted by atomic mass is 35.5. The number of furan rings is 1. The number of halogens is 1. The van der Waals surface area contributed by atoms with Crippen LogP contribution in [0.25, 0.3) is 5.69 Å². The predicted octanol–water partition coefficient (Wildman–Crippen LogP) is 4.72. The second kappa shape index (κ2) is 7.22. The summed E-state index contributed by atoms with van der Waals surface area (Å²) in [7, 11) is 0. The van der Waals surface area contributed by atoms with Crippen molar-refractivity contribution in [3.05, 3.63) is 75.5 Å². The topological polar surface area (TPSA) is 59.5 Å². The van der Waals surface area contributed by atoms with Crippen LogP contribution in [0, 0.1) is 27.7 Å². The van der Waals surface area contributed by atoms with Gasteiger partial charge in [-0.2, -0.15) is 5.10 Å². The molecule has 1 amide bonds. The maximum Gasteiger partial charge on any atom is 0.307 e. The van der Waals surface area contributed by atoms with Crippen molar-refractivity contribution in [1.29, 1.82) is 0 Å². The first-order chi connectivity index (χ1) is 12.4. The molecular formula is C20H20ClN3O2. The summed E-state index contributed by atoms with van der Waals surface area (Å²) in [5.41, 5.74) is 7.48. The summed E-state index contributed by atoms with van der Waals surface area (Å²) in [6.07, 6.45) is 1.63. The Morgan fingerprint density at radius 1 is 1.15 bits per heavy atom. The third kappa shape index (κ3) is 3.58. The minimum Gasteiger partial charge on any atom is -0.456 e. The molecule has 2 heterocycles. The fourth-order valence-corrected chi connectivity index (χ4v) is 2.98. The van der Waals surface area contributed by atoms with Crippen LogP contribution in [-0.2, 0) is 0 Å². The molecule has 0 aliphatic heterocycles. The van der Waals surface area contributed by atoms with Crippen LogP contribution in [0.1, 0.15) is 38.8 Å². The zero-order chi connectivity index (χ0) is 18.8. The number of rotatable bonds is 4. The van der Waals surface area contributed by atoms with E-state index in [0.717, 1.165) is 33.2 Å². The highest BCUT2D eigenvalue weighted by Gasteiger charge is 2.11. The van der Waals surface area contributed by atoms with Crippen LogP contribution in [0.4, 0.5) is 0 Å². The number of hydrogen-bond donors (Lipinski definition) is 1. The third-order valence-corrected chi connectivity index (χ3v) is 4.62. The van der Waals surface area contributed by atoms with E-state index >= 15 is 0 Å². The summed E-state index contributed by atoms with van der Waals surface area (Å²) in [6.45, 7) is 7.77. The van der Waals surface area contributed by atoms with Gasteiger partial charge in [0, 0.05) is 27.7 Å². The number of hydrazone groups is 1.